The van der Waals surface area contributed by atoms with Crippen molar-refractivity contribution in [2.75, 3.05) is 26.9 Å². The summed E-state index contributed by atoms with van der Waals surface area (Å²) in [7, 11) is 1.66. The zero-order valence-corrected chi connectivity index (χ0v) is 9.31. The second kappa shape index (κ2) is 6.55. The summed E-state index contributed by atoms with van der Waals surface area (Å²) in [6, 6.07) is -0.0551. The van der Waals surface area contributed by atoms with Crippen LogP contribution in [0.3, 0.4) is 0 Å². The largest absolute Gasteiger partial charge is 0.394 e. The van der Waals surface area contributed by atoms with Crippen LogP contribution in [0.4, 0.5) is 0 Å². The molecule has 15 heavy (non-hydrogen) atoms. The molecule has 0 aliphatic rings. The van der Waals surface area contributed by atoms with E-state index in [4.69, 9.17) is 4.74 Å². The van der Waals surface area contributed by atoms with E-state index in [-0.39, 0.29) is 12.6 Å². The Morgan fingerprint density at radius 2 is 2.47 bits per heavy atom. The summed E-state index contributed by atoms with van der Waals surface area (Å²) in [5.41, 5.74) is 1.01. The topological polar surface area (TPSA) is 59.3 Å². The number of nitrogens with zero attached hydrogens (tertiary/aromatic N) is 2. The van der Waals surface area contributed by atoms with Gasteiger partial charge in [0.15, 0.2) is 0 Å². The molecule has 0 fully saturated rings. The molecule has 5 heteroatoms. The summed E-state index contributed by atoms with van der Waals surface area (Å²) in [6.45, 7) is 4.30. The Morgan fingerprint density at radius 3 is 3.00 bits per heavy atom. The van der Waals surface area contributed by atoms with Crippen LogP contribution in [0.25, 0.3) is 0 Å². The smallest absolute Gasteiger partial charge is 0.0627 e. The van der Waals surface area contributed by atoms with Gasteiger partial charge >= 0.3 is 0 Å². The molecule has 1 aromatic rings. The van der Waals surface area contributed by atoms with Gasteiger partial charge in [-0.25, -0.2) is 0 Å². The van der Waals surface area contributed by atoms with Crippen LogP contribution in [0.5, 0.6) is 0 Å². The van der Waals surface area contributed by atoms with Crippen molar-refractivity contribution in [3.8, 4) is 0 Å². The second-order valence-corrected chi connectivity index (χ2v) is 3.31. The number of nitrogens with one attached hydrogen (secondary N) is 1. The number of aliphatic hydroxyl groups is 1. The molecule has 0 aliphatic carbocycles. The summed E-state index contributed by atoms with van der Waals surface area (Å²) in [4.78, 5) is 0. The van der Waals surface area contributed by atoms with Gasteiger partial charge in [0.1, 0.15) is 0 Å². The van der Waals surface area contributed by atoms with E-state index in [1.54, 1.807) is 13.3 Å². The number of aliphatic hydroxyl groups excluding tert-OH is 1. The van der Waals surface area contributed by atoms with E-state index in [0.717, 1.165) is 18.7 Å². The number of hydrogen-bond donors (Lipinski definition) is 2. The fraction of sp³-hybridized carbons (Fsp3) is 0.700. The van der Waals surface area contributed by atoms with Gasteiger partial charge in [0.2, 0.25) is 0 Å². The van der Waals surface area contributed by atoms with Gasteiger partial charge in [-0.3, -0.25) is 4.68 Å². The number of rotatable bonds is 7. The fourth-order valence-electron chi connectivity index (χ4n) is 1.36. The molecule has 0 aromatic carbocycles. The minimum absolute atomic E-state index is 0.0551. The first-order valence-corrected chi connectivity index (χ1v) is 5.17. The molecule has 0 aliphatic heterocycles. The first-order valence-electron chi connectivity index (χ1n) is 5.17. The Balaban J connectivity index is 2.49. The van der Waals surface area contributed by atoms with E-state index in [9.17, 15) is 5.11 Å². The van der Waals surface area contributed by atoms with Crippen LogP contribution in [0.15, 0.2) is 12.4 Å². The summed E-state index contributed by atoms with van der Waals surface area (Å²) in [5.74, 6) is 0. The molecule has 0 spiro atoms. The quantitative estimate of drug-likeness (QED) is 0.634. The summed E-state index contributed by atoms with van der Waals surface area (Å²) in [5, 5.41) is 16.6. The Hall–Kier alpha value is -0.910. The zero-order valence-electron chi connectivity index (χ0n) is 9.31. The first-order chi connectivity index (χ1) is 7.31. The van der Waals surface area contributed by atoms with Crippen molar-refractivity contribution >= 4 is 0 Å². The third-order valence-electron chi connectivity index (χ3n) is 2.26. The van der Waals surface area contributed by atoms with Crippen molar-refractivity contribution < 1.29 is 9.84 Å². The standard InChI is InChI=1S/C10H19N3O2/c1-3-13-7-9(6-12-13)10(8-14)11-4-5-15-2/h6-7,10-11,14H,3-5,8H2,1-2H3. The molecule has 1 heterocycles. The van der Waals surface area contributed by atoms with Gasteiger partial charge in [-0.15, -0.1) is 0 Å². The van der Waals surface area contributed by atoms with Gasteiger partial charge < -0.3 is 15.2 Å². The molecule has 5 nitrogen and oxygen atoms in total. The van der Waals surface area contributed by atoms with Crippen molar-refractivity contribution in [3.05, 3.63) is 18.0 Å². The SMILES string of the molecule is CCn1cc(C(CO)NCCOC)cn1. The number of ether oxygens (including phenoxy) is 1. The monoisotopic (exact) mass is 213 g/mol. The van der Waals surface area contributed by atoms with Crippen molar-refractivity contribution in [1.29, 1.82) is 0 Å². The second-order valence-electron chi connectivity index (χ2n) is 3.31. The van der Waals surface area contributed by atoms with E-state index in [2.05, 4.69) is 10.4 Å². The van der Waals surface area contributed by atoms with E-state index >= 15 is 0 Å². The van der Waals surface area contributed by atoms with Crippen LogP contribution in [0.2, 0.25) is 0 Å². The third kappa shape index (κ3) is 3.62. The lowest BCUT2D eigenvalue weighted by Crippen LogP contribution is -2.27. The first kappa shape index (κ1) is 12.2. The molecule has 1 atom stereocenters. The molecule has 1 unspecified atom stereocenters. The van der Waals surface area contributed by atoms with Gasteiger partial charge in [-0.1, -0.05) is 0 Å². The number of aryl methyl sites for hydroxylation is 1. The minimum atomic E-state index is -0.0551. The van der Waals surface area contributed by atoms with Crippen molar-refractivity contribution in [2.45, 2.75) is 19.5 Å². The van der Waals surface area contributed by atoms with E-state index in [1.807, 2.05) is 17.8 Å². The van der Waals surface area contributed by atoms with E-state index in [1.165, 1.54) is 0 Å². The summed E-state index contributed by atoms with van der Waals surface area (Å²) >= 11 is 0. The van der Waals surface area contributed by atoms with Gasteiger partial charge in [0, 0.05) is 32.0 Å². The molecule has 0 radical (unpaired) electrons. The molecule has 0 bridgehead atoms. The molecule has 0 amide bonds. The van der Waals surface area contributed by atoms with Crippen LogP contribution in [0, 0.1) is 0 Å². The van der Waals surface area contributed by atoms with Crippen LogP contribution in [-0.4, -0.2) is 41.8 Å². The zero-order chi connectivity index (χ0) is 11.1. The normalized spacial score (nSPS) is 13.0. The molecule has 0 saturated heterocycles. The summed E-state index contributed by atoms with van der Waals surface area (Å²) in [6.07, 6.45) is 3.73. The number of methoxy groups -OCH3 is 1. The maximum absolute atomic E-state index is 9.22. The lowest BCUT2D eigenvalue weighted by atomic mass is 10.2. The van der Waals surface area contributed by atoms with E-state index < -0.39 is 0 Å². The Bertz CT molecular complexity index is 275. The highest BCUT2D eigenvalue weighted by molar-refractivity contribution is 5.10. The third-order valence-corrected chi connectivity index (χ3v) is 2.26. The number of hydrogen-bond acceptors (Lipinski definition) is 4. The van der Waals surface area contributed by atoms with Crippen LogP contribution >= 0.6 is 0 Å². The molecule has 1 rings (SSSR count). The van der Waals surface area contributed by atoms with Gasteiger partial charge in [0.25, 0.3) is 0 Å². The van der Waals surface area contributed by atoms with Crippen LogP contribution in [-0.2, 0) is 11.3 Å². The Morgan fingerprint density at radius 1 is 1.67 bits per heavy atom. The summed E-state index contributed by atoms with van der Waals surface area (Å²) < 4.78 is 6.78. The maximum atomic E-state index is 9.22. The highest BCUT2D eigenvalue weighted by atomic mass is 16.5. The van der Waals surface area contributed by atoms with Gasteiger partial charge in [0.05, 0.1) is 25.5 Å². The molecular weight excluding hydrogens is 194 g/mol. The van der Waals surface area contributed by atoms with Crippen molar-refractivity contribution in [3.63, 3.8) is 0 Å². The molecule has 2 N–H and O–H groups in total. The molecule has 86 valence electrons. The number of aromatic nitrogens is 2. The highest BCUT2D eigenvalue weighted by Crippen LogP contribution is 2.10. The minimum Gasteiger partial charge on any atom is -0.394 e. The van der Waals surface area contributed by atoms with Gasteiger partial charge in [-0.05, 0) is 6.92 Å². The highest BCUT2D eigenvalue weighted by Gasteiger charge is 2.11. The van der Waals surface area contributed by atoms with Crippen molar-refractivity contribution in [1.82, 2.24) is 15.1 Å². The predicted octanol–water partition coefficient (Wildman–Crippen LogP) is 0.172. The molecule has 0 saturated carbocycles. The van der Waals surface area contributed by atoms with Crippen molar-refractivity contribution in [2.24, 2.45) is 0 Å². The van der Waals surface area contributed by atoms with Crippen LogP contribution < -0.4 is 5.32 Å². The lowest BCUT2D eigenvalue weighted by Gasteiger charge is -2.13. The van der Waals surface area contributed by atoms with Gasteiger partial charge in [-0.2, -0.15) is 5.10 Å². The predicted molar refractivity (Wildman–Crippen MR) is 57.6 cm³/mol. The Labute approximate surface area is 90.1 Å². The average Bonchev–Trinajstić information content (AvgIpc) is 2.73. The average molecular weight is 213 g/mol. The van der Waals surface area contributed by atoms with Crippen LogP contribution in [0.1, 0.15) is 18.5 Å². The Kier molecular flexibility index (Phi) is 5.31. The molecular formula is C10H19N3O2. The van der Waals surface area contributed by atoms with E-state index in [0.29, 0.717) is 6.61 Å². The molecule has 1 aromatic heterocycles. The lowest BCUT2D eigenvalue weighted by molar-refractivity contribution is 0.184. The fourth-order valence-corrected chi connectivity index (χ4v) is 1.36. The maximum Gasteiger partial charge on any atom is 0.0627 e.